The number of hydrogen-bond acceptors (Lipinski definition) is 5. The van der Waals surface area contributed by atoms with Crippen molar-refractivity contribution >= 4 is 22.7 Å². The number of para-hydroxylation sites is 1. The van der Waals surface area contributed by atoms with Crippen molar-refractivity contribution in [3.05, 3.63) is 53.5 Å². The van der Waals surface area contributed by atoms with Crippen LogP contribution in [-0.4, -0.2) is 75.0 Å². The number of ether oxygens (including phenoxy) is 2. The van der Waals surface area contributed by atoms with Crippen LogP contribution in [0.5, 0.6) is 0 Å². The number of benzene rings is 1. The molecule has 4 heterocycles. The molecule has 0 unspecified atom stereocenters. The highest BCUT2D eigenvalue weighted by Gasteiger charge is 2.57. The molecule has 3 aromatic rings. The Morgan fingerprint density at radius 2 is 1.97 bits per heavy atom. The molecule has 1 aliphatic carbocycles. The number of H-pyrrole nitrogens is 1. The average molecular weight is 435 g/mol. The van der Waals surface area contributed by atoms with Gasteiger partial charge < -0.3 is 24.3 Å². The van der Waals surface area contributed by atoms with Gasteiger partial charge in [0.1, 0.15) is 5.69 Å². The van der Waals surface area contributed by atoms with Gasteiger partial charge in [0.25, 0.3) is 11.8 Å². The number of likely N-dealkylation sites (N-methyl/N-ethyl adjacent to an activating group) is 1. The topological polar surface area (TPSA) is 92.7 Å². The van der Waals surface area contributed by atoms with E-state index >= 15 is 0 Å². The van der Waals surface area contributed by atoms with Crippen molar-refractivity contribution in [2.75, 3.05) is 26.8 Å². The van der Waals surface area contributed by atoms with Crippen LogP contribution in [0.3, 0.4) is 0 Å². The van der Waals surface area contributed by atoms with Gasteiger partial charge in [-0.3, -0.25) is 14.3 Å². The summed E-state index contributed by atoms with van der Waals surface area (Å²) in [5.41, 5.74) is 2.38. The monoisotopic (exact) mass is 435 g/mol. The van der Waals surface area contributed by atoms with Gasteiger partial charge in [0, 0.05) is 24.5 Å². The molecule has 9 heteroatoms. The summed E-state index contributed by atoms with van der Waals surface area (Å²) in [4.78, 5) is 33.4. The zero-order valence-corrected chi connectivity index (χ0v) is 17.9. The second-order valence-electron chi connectivity index (χ2n) is 8.77. The summed E-state index contributed by atoms with van der Waals surface area (Å²) in [6, 6.07) is 9.70. The summed E-state index contributed by atoms with van der Waals surface area (Å²) in [5, 5.41) is 5.42. The van der Waals surface area contributed by atoms with E-state index < -0.39 is 5.54 Å². The molecule has 0 spiro atoms. The number of fused-ring (bicyclic) bond motifs is 2. The second kappa shape index (κ2) is 7.18. The third kappa shape index (κ3) is 2.96. The maximum atomic E-state index is 13.4. The first-order valence-corrected chi connectivity index (χ1v) is 11.0. The molecule has 1 N–H and O–H groups in total. The van der Waals surface area contributed by atoms with Crippen LogP contribution in [0, 0.1) is 0 Å². The van der Waals surface area contributed by atoms with Gasteiger partial charge >= 0.3 is 0 Å². The number of nitrogens with one attached hydrogen (secondary N) is 1. The smallest absolute Gasteiger partial charge is 0.270 e. The number of aromatic amines is 1. The molecule has 2 fully saturated rings. The zero-order chi connectivity index (χ0) is 21.9. The van der Waals surface area contributed by atoms with Crippen molar-refractivity contribution in [3.8, 4) is 0 Å². The summed E-state index contributed by atoms with van der Waals surface area (Å²) >= 11 is 0. The maximum absolute atomic E-state index is 13.4. The number of aromatic nitrogens is 3. The highest BCUT2D eigenvalue weighted by Crippen LogP contribution is 2.47. The van der Waals surface area contributed by atoms with Crippen LogP contribution in [0.2, 0.25) is 0 Å². The fourth-order valence-electron chi connectivity index (χ4n) is 4.87. The van der Waals surface area contributed by atoms with Gasteiger partial charge in [-0.15, -0.1) is 0 Å². The van der Waals surface area contributed by atoms with E-state index in [0.717, 1.165) is 29.4 Å². The molecule has 32 heavy (non-hydrogen) atoms. The Morgan fingerprint density at radius 3 is 2.72 bits per heavy atom. The van der Waals surface area contributed by atoms with Crippen molar-refractivity contribution in [1.29, 1.82) is 0 Å². The number of hydrogen-bond donors (Lipinski definition) is 1. The quantitative estimate of drug-likeness (QED) is 0.677. The molecule has 0 bridgehead atoms. The van der Waals surface area contributed by atoms with Crippen LogP contribution in [0.25, 0.3) is 10.9 Å². The predicted molar refractivity (Wildman–Crippen MR) is 115 cm³/mol. The molecule has 2 aromatic heterocycles. The van der Waals surface area contributed by atoms with Crippen LogP contribution < -0.4 is 0 Å². The van der Waals surface area contributed by atoms with E-state index in [1.54, 1.807) is 23.0 Å². The number of rotatable bonds is 4. The molecule has 1 saturated carbocycles. The molecule has 1 saturated heterocycles. The maximum Gasteiger partial charge on any atom is 0.270 e. The van der Waals surface area contributed by atoms with E-state index in [1.807, 2.05) is 35.0 Å². The van der Waals surface area contributed by atoms with Gasteiger partial charge in [0.2, 0.25) is 0 Å². The number of carbonyl (C=O) groups is 2. The Labute approximate surface area is 184 Å². The molecule has 0 atom stereocenters. The SMILES string of the molecule is CN(C(=O)c1cnn2c1CN(C(=O)c1cc3ccccc3[nH]1)CC2)C1(C2OCCO2)CC1. The second-order valence-corrected chi connectivity index (χ2v) is 8.77. The van der Waals surface area contributed by atoms with E-state index in [0.29, 0.717) is 44.1 Å². The van der Waals surface area contributed by atoms with Crippen LogP contribution in [-0.2, 0) is 22.6 Å². The molecule has 1 aromatic carbocycles. The standard InChI is InChI=1S/C23H25N5O4/c1-26(23(6-7-23)22-31-10-11-32-22)20(29)16-13-24-28-9-8-27(14-19(16)28)21(30)18-12-15-4-2-3-5-17(15)25-18/h2-5,12-13,22,25H,6-11,14H2,1H3. The van der Waals surface area contributed by atoms with Crippen LogP contribution in [0.4, 0.5) is 0 Å². The predicted octanol–water partition coefficient (Wildman–Crippen LogP) is 2.00. The van der Waals surface area contributed by atoms with Crippen LogP contribution >= 0.6 is 0 Å². The third-order valence-corrected chi connectivity index (χ3v) is 6.94. The molecule has 2 amide bonds. The average Bonchev–Trinajstić information content (AvgIpc) is 3.20. The Kier molecular flexibility index (Phi) is 4.38. The minimum atomic E-state index is -0.406. The lowest BCUT2D eigenvalue weighted by Gasteiger charge is -2.32. The molecular weight excluding hydrogens is 410 g/mol. The summed E-state index contributed by atoms with van der Waals surface area (Å²) in [6.07, 6.45) is 2.96. The van der Waals surface area contributed by atoms with Crippen molar-refractivity contribution in [3.63, 3.8) is 0 Å². The third-order valence-electron chi connectivity index (χ3n) is 6.94. The molecule has 166 valence electrons. The van der Waals surface area contributed by atoms with E-state index in [2.05, 4.69) is 10.1 Å². The normalized spacial score (nSPS) is 19.8. The lowest BCUT2D eigenvalue weighted by atomic mass is 10.1. The van der Waals surface area contributed by atoms with Crippen molar-refractivity contribution in [1.82, 2.24) is 24.6 Å². The fraction of sp³-hybridized carbons (Fsp3) is 0.435. The summed E-state index contributed by atoms with van der Waals surface area (Å²) in [7, 11) is 1.81. The van der Waals surface area contributed by atoms with Gasteiger partial charge in [-0.1, -0.05) is 18.2 Å². The largest absolute Gasteiger partial charge is 0.351 e. The van der Waals surface area contributed by atoms with E-state index in [9.17, 15) is 9.59 Å². The first-order chi connectivity index (χ1) is 15.6. The van der Waals surface area contributed by atoms with Gasteiger partial charge in [-0.25, -0.2) is 0 Å². The first kappa shape index (κ1) is 19.5. The molecular formula is C23H25N5O4. The molecule has 0 radical (unpaired) electrons. The Hall–Kier alpha value is -3.17. The summed E-state index contributed by atoms with van der Waals surface area (Å²) in [6.45, 7) is 2.55. The van der Waals surface area contributed by atoms with Gasteiger partial charge in [0.05, 0.1) is 49.3 Å². The number of amides is 2. The first-order valence-electron chi connectivity index (χ1n) is 11.0. The molecule has 2 aliphatic heterocycles. The lowest BCUT2D eigenvalue weighted by Crippen LogP contribution is -2.48. The summed E-state index contributed by atoms with van der Waals surface area (Å²) < 4.78 is 13.3. The highest BCUT2D eigenvalue weighted by atomic mass is 16.7. The van der Waals surface area contributed by atoms with Crippen molar-refractivity contribution < 1.29 is 19.1 Å². The molecule has 3 aliphatic rings. The molecule has 6 rings (SSSR count). The minimum Gasteiger partial charge on any atom is -0.351 e. The number of nitrogens with zero attached hydrogens (tertiary/aromatic N) is 4. The lowest BCUT2D eigenvalue weighted by molar-refractivity contribution is -0.0990. The van der Waals surface area contributed by atoms with E-state index in [-0.39, 0.29) is 18.1 Å². The highest BCUT2D eigenvalue weighted by molar-refractivity contribution is 5.99. The van der Waals surface area contributed by atoms with Crippen LogP contribution in [0.1, 0.15) is 39.4 Å². The fourth-order valence-corrected chi connectivity index (χ4v) is 4.87. The Balaban J connectivity index is 1.24. The number of carbonyl (C=O) groups excluding carboxylic acids is 2. The van der Waals surface area contributed by atoms with Crippen molar-refractivity contribution in [2.45, 2.75) is 37.8 Å². The van der Waals surface area contributed by atoms with Gasteiger partial charge in [0.15, 0.2) is 6.29 Å². The Morgan fingerprint density at radius 1 is 1.19 bits per heavy atom. The van der Waals surface area contributed by atoms with E-state index in [4.69, 9.17) is 9.47 Å². The Bertz CT molecular complexity index is 1170. The molecule has 9 nitrogen and oxygen atoms in total. The van der Waals surface area contributed by atoms with Crippen LogP contribution in [0.15, 0.2) is 36.5 Å². The van der Waals surface area contributed by atoms with E-state index in [1.165, 1.54) is 0 Å². The van der Waals surface area contributed by atoms with Gasteiger partial charge in [-0.05, 0) is 25.0 Å². The van der Waals surface area contributed by atoms with Crippen molar-refractivity contribution in [2.24, 2.45) is 0 Å². The minimum absolute atomic E-state index is 0.0770. The van der Waals surface area contributed by atoms with Gasteiger partial charge in [-0.2, -0.15) is 5.10 Å². The zero-order valence-electron chi connectivity index (χ0n) is 17.9. The summed E-state index contributed by atoms with van der Waals surface area (Å²) in [5.74, 6) is -0.186.